The van der Waals surface area contributed by atoms with Crippen LogP contribution in [-0.2, 0) is 4.79 Å². The van der Waals surface area contributed by atoms with Crippen LogP contribution in [0.3, 0.4) is 0 Å². The number of primary amides is 1. The Labute approximate surface area is 115 Å². The number of urea groups is 1. The highest BCUT2D eigenvalue weighted by molar-refractivity contribution is 7.99. The average molecular weight is 280 g/mol. The van der Waals surface area contributed by atoms with Crippen LogP contribution in [0.2, 0.25) is 0 Å². The number of hydrogen-bond acceptors (Lipinski definition) is 4. The van der Waals surface area contributed by atoms with Gasteiger partial charge < -0.3 is 21.7 Å². The number of carbonyl (C=O) groups excluding carboxylic acids is 2. The van der Waals surface area contributed by atoms with Gasteiger partial charge in [0.05, 0.1) is 6.04 Å². The SMILES string of the molecule is NC(=O)Nc1cccc(NC(=O)C2CSCCN2)c1. The summed E-state index contributed by atoms with van der Waals surface area (Å²) >= 11 is 1.76. The van der Waals surface area contributed by atoms with E-state index in [4.69, 9.17) is 5.73 Å². The maximum absolute atomic E-state index is 12.0. The number of nitrogens with two attached hydrogens (primary N) is 1. The molecule has 1 aromatic carbocycles. The smallest absolute Gasteiger partial charge is 0.316 e. The number of anilines is 2. The molecule has 0 radical (unpaired) electrons. The zero-order chi connectivity index (χ0) is 13.7. The first kappa shape index (κ1) is 13.7. The lowest BCUT2D eigenvalue weighted by Crippen LogP contribution is -2.46. The van der Waals surface area contributed by atoms with E-state index in [1.165, 1.54) is 0 Å². The van der Waals surface area contributed by atoms with E-state index in [1.807, 2.05) is 0 Å². The second-order valence-corrected chi connectivity index (χ2v) is 5.29. The molecule has 3 amide bonds. The van der Waals surface area contributed by atoms with Gasteiger partial charge in [0, 0.05) is 29.4 Å². The van der Waals surface area contributed by atoms with Gasteiger partial charge in [0.1, 0.15) is 0 Å². The van der Waals surface area contributed by atoms with Gasteiger partial charge in [-0.3, -0.25) is 4.79 Å². The minimum atomic E-state index is -0.631. The quantitative estimate of drug-likeness (QED) is 0.659. The fraction of sp³-hybridized carbons (Fsp3) is 0.333. The molecule has 1 aliphatic rings. The Morgan fingerprint density at radius 2 is 2.05 bits per heavy atom. The summed E-state index contributed by atoms with van der Waals surface area (Å²) in [6.07, 6.45) is 0. The molecular formula is C12H16N4O2S. The van der Waals surface area contributed by atoms with Gasteiger partial charge in [-0.2, -0.15) is 11.8 Å². The maximum atomic E-state index is 12.0. The fourth-order valence-corrected chi connectivity index (χ4v) is 2.71. The van der Waals surface area contributed by atoms with Gasteiger partial charge in [-0.25, -0.2) is 4.79 Å². The van der Waals surface area contributed by atoms with E-state index in [0.29, 0.717) is 11.4 Å². The van der Waals surface area contributed by atoms with Crippen LogP contribution in [0.15, 0.2) is 24.3 Å². The van der Waals surface area contributed by atoms with Crippen molar-refractivity contribution in [2.75, 3.05) is 28.7 Å². The molecule has 2 rings (SSSR count). The van der Waals surface area contributed by atoms with E-state index < -0.39 is 6.03 Å². The van der Waals surface area contributed by atoms with Crippen LogP contribution in [0.4, 0.5) is 16.2 Å². The van der Waals surface area contributed by atoms with Crippen LogP contribution in [0.1, 0.15) is 0 Å². The Balaban J connectivity index is 1.97. The van der Waals surface area contributed by atoms with Gasteiger partial charge in [0.25, 0.3) is 0 Å². The predicted molar refractivity (Wildman–Crippen MR) is 77.4 cm³/mol. The Morgan fingerprint density at radius 3 is 2.68 bits per heavy atom. The maximum Gasteiger partial charge on any atom is 0.316 e. The number of thioether (sulfide) groups is 1. The minimum absolute atomic E-state index is 0.0663. The van der Waals surface area contributed by atoms with Crippen molar-refractivity contribution in [1.29, 1.82) is 0 Å². The summed E-state index contributed by atoms with van der Waals surface area (Å²) in [7, 11) is 0. The van der Waals surface area contributed by atoms with Crippen LogP contribution < -0.4 is 21.7 Å². The first-order valence-electron chi connectivity index (χ1n) is 5.93. The summed E-state index contributed by atoms with van der Waals surface area (Å²) in [6, 6.07) is 6.07. The molecular weight excluding hydrogens is 264 g/mol. The first-order chi connectivity index (χ1) is 9.15. The molecule has 1 aliphatic heterocycles. The molecule has 1 saturated heterocycles. The van der Waals surface area contributed by atoms with Crippen molar-refractivity contribution in [2.45, 2.75) is 6.04 Å². The van der Waals surface area contributed by atoms with Gasteiger partial charge in [0.15, 0.2) is 0 Å². The zero-order valence-electron chi connectivity index (χ0n) is 10.3. The molecule has 0 bridgehead atoms. The van der Waals surface area contributed by atoms with Crippen molar-refractivity contribution in [2.24, 2.45) is 5.73 Å². The average Bonchev–Trinajstić information content (AvgIpc) is 2.39. The van der Waals surface area contributed by atoms with Crippen LogP contribution in [0.25, 0.3) is 0 Å². The fourth-order valence-electron chi connectivity index (χ4n) is 1.78. The van der Waals surface area contributed by atoms with Crippen LogP contribution in [0.5, 0.6) is 0 Å². The molecule has 19 heavy (non-hydrogen) atoms. The zero-order valence-corrected chi connectivity index (χ0v) is 11.1. The van der Waals surface area contributed by atoms with Crippen LogP contribution in [0, 0.1) is 0 Å². The summed E-state index contributed by atoms with van der Waals surface area (Å²) < 4.78 is 0. The molecule has 102 valence electrons. The molecule has 5 N–H and O–H groups in total. The molecule has 1 fully saturated rings. The van der Waals surface area contributed by atoms with Gasteiger partial charge in [-0.1, -0.05) is 6.07 Å². The van der Waals surface area contributed by atoms with Crippen molar-refractivity contribution in [3.63, 3.8) is 0 Å². The van der Waals surface area contributed by atoms with Crippen molar-refractivity contribution < 1.29 is 9.59 Å². The van der Waals surface area contributed by atoms with Crippen LogP contribution in [-0.4, -0.2) is 36.0 Å². The number of amides is 3. The largest absolute Gasteiger partial charge is 0.351 e. The molecule has 0 aliphatic carbocycles. The van der Waals surface area contributed by atoms with E-state index in [-0.39, 0.29) is 11.9 Å². The molecule has 1 aromatic rings. The summed E-state index contributed by atoms with van der Waals surface area (Å²) in [5, 5.41) is 8.45. The Bertz CT molecular complexity index is 475. The molecule has 1 atom stereocenters. The minimum Gasteiger partial charge on any atom is -0.351 e. The lowest BCUT2D eigenvalue weighted by atomic mass is 10.2. The predicted octanol–water partition coefficient (Wildman–Crippen LogP) is 0.821. The molecule has 1 unspecified atom stereocenters. The monoisotopic (exact) mass is 280 g/mol. The van der Waals surface area contributed by atoms with E-state index in [1.54, 1.807) is 36.0 Å². The van der Waals surface area contributed by atoms with Crippen LogP contribution >= 0.6 is 11.8 Å². The van der Waals surface area contributed by atoms with E-state index >= 15 is 0 Å². The van der Waals surface area contributed by atoms with Crippen molar-refractivity contribution in [1.82, 2.24) is 5.32 Å². The normalized spacial score (nSPS) is 18.6. The lowest BCUT2D eigenvalue weighted by Gasteiger charge is -2.22. The number of hydrogen-bond donors (Lipinski definition) is 4. The van der Waals surface area contributed by atoms with E-state index in [0.717, 1.165) is 18.1 Å². The summed E-state index contributed by atoms with van der Waals surface area (Å²) in [4.78, 5) is 22.8. The standard InChI is InChI=1S/C12H16N4O2S/c13-12(18)16-9-3-1-2-8(6-9)15-11(17)10-7-19-5-4-14-10/h1-3,6,10,14H,4-5,7H2,(H,15,17)(H3,13,16,18). The molecule has 7 heteroatoms. The highest BCUT2D eigenvalue weighted by Gasteiger charge is 2.20. The van der Waals surface area contributed by atoms with E-state index in [9.17, 15) is 9.59 Å². The Morgan fingerprint density at radius 1 is 1.32 bits per heavy atom. The number of benzene rings is 1. The third-order valence-corrected chi connectivity index (χ3v) is 3.70. The van der Waals surface area contributed by atoms with Gasteiger partial charge >= 0.3 is 6.03 Å². The summed E-state index contributed by atoms with van der Waals surface area (Å²) in [5.74, 6) is 1.73. The van der Waals surface area contributed by atoms with Gasteiger partial charge in [-0.15, -0.1) is 0 Å². The van der Waals surface area contributed by atoms with Gasteiger partial charge in [0.2, 0.25) is 5.91 Å². The third kappa shape index (κ3) is 4.15. The molecule has 0 spiro atoms. The molecule has 0 aromatic heterocycles. The van der Waals surface area contributed by atoms with Crippen molar-refractivity contribution in [3.8, 4) is 0 Å². The highest BCUT2D eigenvalue weighted by atomic mass is 32.2. The van der Waals surface area contributed by atoms with Crippen molar-refractivity contribution in [3.05, 3.63) is 24.3 Å². The second-order valence-electron chi connectivity index (χ2n) is 4.14. The summed E-state index contributed by atoms with van der Waals surface area (Å²) in [5.41, 5.74) is 6.23. The van der Waals surface area contributed by atoms with Crippen molar-refractivity contribution >= 4 is 35.1 Å². The molecule has 0 saturated carbocycles. The number of nitrogens with one attached hydrogen (secondary N) is 3. The Hall–Kier alpha value is -1.73. The molecule has 1 heterocycles. The number of carbonyl (C=O) groups is 2. The molecule has 6 nitrogen and oxygen atoms in total. The lowest BCUT2D eigenvalue weighted by molar-refractivity contribution is -0.117. The summed E-state index contributed by atoms with van der Waals surface area (Å²) in [6.45, 7) is 0.839. The number of rotatable bonds is 3. The first-order valence-corrected chi connectivity index (χ1v) is 7.09. The van der Waals surface area contributed by atoms with E-state index in [2.05, 4.69) is 16.0 Å². The highest BCUT2D eigenvalue weighted by Crippen LogP contribution is 2.16. The Kier molecular flexibility index (Phi) is 4.64. The van der Waals surface area contributed by atoms with Gasteiger partial charge in [-0.05, 0) is 18.2 Å². The second kappa shape index (κ2) is 6.44. The topological polar surface area (TPSA) is 96.2 Å². The third-order valence-electron chi connectivity index (χ3n) is 2.64.